The Morgan fingerprint density at radius 1 is 1.25 bits per heavy atom. The van der Waals surface area contributed by atoms with Crippen molar-refractivity contribution in [2.45, 2.75) is 45.2 Å². The molecule has 2 atom stereocenters. The zero-order chi connectivity index (χ0) is 13.9. The molecule has 0 heterocycles. The molecule has 0 spiro atoms. The molecule has 20 heavy (non-hydrogen) atoms. The summed E-state index contributed by atoms with van der Waals surface area (Å²) in [6, 6.07) is 11.3. The highest BCUT2D eigenvalue weighted by molar-refractivity contribution is 14.0. The highest BCUT2D eigenvalue weighted by atomic mass is 127. The van der Waals surface area contributed by atoms with Crippen LogP contribution in [-0.4, -0.2) is 24.6 Å². The number of hydrogen-bond donors (Lipinski definition) is 2. The summed E-state index contributed by atoms with van der Waals surface area (Å²) in [6.45, 7) is 6.44. The van der Waals surface area contributed by atoms with Crippen molar-refractivity contribution in [3.05, 3.63) is 35.9 Å². The van der Waals surface area contributed by atoms with Gasteiger partial charge in [0.15, 0.2) is 5.96 Å². The highest BCUT2D eigenvalue weighted by Crippen LogP contribution is 2.33. The van der Waals surface area contributed by atoms with Crippen molar-refractivity contribution < 1.29 is 0 Å². The van der Waals surface area contributed by atoms with Gasteiger partial charge < -0.3 is 10.6 Å². The second-order valence-corrected chi connectivity index (χ2v) is 6.38. The average molecular weight is 387 g/mol. The van der Waals surface area contributed by atoms with Crippen molar-refractivity contribution in [3.63, 3.8) is 0 Å². The largest absolute Gasteiger partial charge is 0.353 e. The van der Waals surface area contributed by atoms with E-state index in [2.05, 4.69) is 66.7 Å². The summed E-state index contributed by atoms with van der Waals surface area (Å²) < 4.78 is 0. The molecular weight excluding hydrogens is 361 g/mol. The maximum Gasteiger partial charge on any atom is 0.191 e. The summed E-state index contributed by atoms with van der Waals surface area (Å²) in [5, 5.41) is 6.91. The summed E-state index contributed by atoms with van der Waals surface area (Å²) in [5.41, 5.74) is 1.47. The van der Waals surface area contributed by atoms with Gasteiger partial charge in [0.1, 0.15) is 0 Å². The molecule has 0 amide bonds. The average Bonchev–Trinajstić information content (AvgIpc) is 3.06. The fraction of sp³-hybridized carbons (Fsp3) is 0.562. The van der Waals surface area contributed by atoms with Gasteiger partial charge in [0.05, 0.1) is 0 Å². The van der Waals surface area contributed by atoms with Crippen LogP contribution in [0.15, 0.2) is 35.3 Å². The van der Waals surface area contributed by atoms with Gasteiger partial charge in [-0.05, 0) is 45.1 Å². The molecule has 1 saturated carbocycles. The van der Waals surface area contributed by atoms with Crippen LogP contribution < -0.4 is 10.6 Å². The Labute approximate surface area is 139 Å². The molecule has 0 saturated heterocycles. The van der Waals surface area contributed by atoms with Crippen molar-refractivity contribution in [1.82, 2.24) is 10.6 Å². The van der Waals surface area contributed by atoms with E-state index in [1.54, 1.807) is 0 Å². The number of benzene rings is 1. The first-order valence-electron chi connectivity index (χ1n) is 7.03. The molecular formula is C16H26IN3. The molecule has 1 aromatic rings. The standard InChI is InChI=1S/C16H25N3.HI/c1-16(2,3)19-15(17-4)18-14-11-13(14)10-12-8-6-5-7-9-12;/h5-9,13-14H,10-11H2,1-4H3,(H2,17,18,19);1H. The van der Waals surface area contributed by atoms with Crippen LogP contribution in [0.3, 0.4) is 0 Å². The van der Waals surface area contributed by atoms with Gasteiger partial charge in [0, 0.05) is 18.6 Å². The molecule has 112 valence electrons. The van der Waals surface area contributed by atoms with Gasteiger partial charge >= 0.3 is 0 Å². The topological polar surface area (TPSA) is 36.4 Å². The van der Waals surface area contributed by atoms with Crippen LogP contribution in [0.4, 0.5) is 0 Å². The Hall–Kier alpha value is -0.780. The Kier molecular flexibility index (Phi) is 6.30. The first-order valence-corrected chi connectivity index (χ1v) is 7.03. The van der Waals surface area contributed by atoms with Crippen LogP contribution in [0.1, 0.15) is 32.8 Å². The van der Waals surface area contributed by atoms with E-state index in [1.165, 1.54) is 12.0 Å². The molecule has 2 N–H and O–H groups in total. The lowest BCUT2D eigenvalue weighted by molar-refractivity contribution is 0.500. The third-order valence-corrected chi connectivity index (χ3v) is 3.30. The van der Waals surface area contributed by atoms with E-state index >= 15 is 0 Å². The molecule has 4 heteroatoms. The molecule has 0 aliphatic heterocycles. The zero-order valence-corrected chi connectivity index (χ0v) is 15.1. The van der Waals surface area contributed by atoms with E-state index in [-0.39, 0.29) is 29.5 Å². The Bertz CT molecular complexity index is 437. The summed E-state index contributed by atoms with van der Waals surface area (Å²) in [5.74, 6) is 1.65. The van der Waals surface area contributed by atoms with Crippen molar-refractivity contribution in [2.75, 3.05) is 7.05 Å². The lowest BCUT2D eigenvalue weighted by Gasteiger charge is -2.23. The minimum absolute atomic E-state index is 0. The zero-order valence-electron chi connectivity index (χ0n) is 12.8. The number of nitrogens with zero attached hydrogens (tertiary/aromatic N) is 1. The first kappa shape index (κ1) is 17.3. The SMILES string of the molecule is CN=C(NC1CC1Cc1ccccc1)NC(C)(C)C.I. The van der Waals surface area contributed by atoms with E-state index in [9.17, 15) is 0 Å². The van der Waals surface area contributed by atoms with E-state index < -0.39 is 0 Å². The van der Waals surface area contributed by atoms with Gasteiger partial charge in [-0.25, -0.2) is 0 Å². The number of halogens is 1. The lowest BCUT2D eigenvalue weighted by Crippen LogP contribution is -2.48. The van der Waals surface area contributed by atoms with Crippen LogP contribution in [0, 0.1) is 5.92 Å². The highest BCUT2D eigenvalue weighted by Gasteiger charge is 2.37. The second-order valence-electron chi connectivity index (χ2n) is 6.38. The van der Waals surface area contributed by atoms with Gasteiger partial charge in [-0.15, -0.1) is 24.0 Å². The number of rotatable bonds is 3. The summed E-state index contributed by atoms with van der Waals surface area (Å²) >= 11 is 0. The van der Waals surface area contributed by atoms with Crippen LogP contribution in [-0.2, 0) is 6.42 Å². The molecule has 2 rings (SSSR count). The van der Waals surface area contributed by atoms with Crippen molar-refractivity contribution >= 4 is 29.9 Å². The van der Waals surface area contributed by atoms with E-state index in [0.717, 1.165) is 18.3 Å². The second kappa shape index (κ2) is 7.29. The molecule has 0 aromatic heterocycles. The Balaban J connectivity index is 0.00000200. The van der Waals surface area contributed by atoms with Crippen LogP contribution in [0.2, 0.25) is 0 Å². The van der Waals surface area contributed by atoms with E-state index in [4.69, 9.17) is 0 Å². The van der Waals surface area contributed by atoms with Gasteiger partial charge in [-0.2, -0.15) is 0 Å². The fourth-order valence-corrected chi connectivity index (χ4v) is 2.25. The van der Waals surface area contributed by atoms with Crippen LogP contribution in [0.5, 0.6) is 0 Å². The monoisotopic (exact) mass is 387 g/mol. The molecule has 1 fully saturated rings. The number of aliphatic imine (C=N–C) groups is 1. The van der Waals surface area contributed by atoms with Crippen molar-refractivity contribution in [2.24, 2.45) is 10.9 Å². The molecule has 1 aromatic carbocycles. The van der Waals surface area contributed by atoms with Gasteiger partial charge in [0.25, 0.3) is 0 Å². The van der Waals surface area contributed by atoms with Crippen molar-refractivity contribution in [1.29, 1.82) is 0 Å². The van der Waals surface area contributed by atoms with E-state index in [0.29, 0.717) is 6.04 Å². The Morgan fingerprint density at radius 3 is 2.45 bits per heavy atom. The first-order chi connectivity index (χ1) is 8.98. The van der Waals surface area contributed by atoms with Gasteiger partial charge in [-0.3, -0.25) is 4.99 Å². The molecule has 0 radical (unpaired) electrons. The molecule has 1 aliphatic rings. The third-order valence-electron chi connectivity index (χ3n) is 3.30. The van der Waals surface area contributed by atoms with E-state index in [1.807, 2.05) is 7.05 Å². The van der Waals surface area contributed by atoms with Gasteiger partial charge in [0.2, 0.25) is 0 Å². The smallest absolute Gasteiger partial charge is 0.191 e. The number of nitrogens with one attached hydrogen (secondary N) is 2. The maximum atomic E-state index is 4.29. The maximum absolute atomic E-state index is 4.29. The summed E-state index contributed by atoms with van der Waals surface area (Å²) in [4.78, 5) is 4.29. The molecule has 2 unspecified atom stereocenters. The molecule has 3 nitrogen and oxygen atoms in total. The third kappa shape index (κ3) is 5.69. The van der Waals surface area contributed by atoms with Crippen LogP contribution >= 0.6 is 24.0 Å². The predicted octanol–water partition coefficient (Wildman–Crippen LogP) is 3.20. The quantitative estimate of drug-likeness (QED) is 0.475. The lowest BCUT2D eigenvalue weighted by atomic mass is 10.1. The summed E-state index contributed by atoms with van der Waals surface area (Å²) in [6.07, 6.45) is 2.39. The molecule has 1 aliphatic carbocycles. The summed E-state index contributed by atoms with van der Waals surface area (Å²) in [7, 11) is 1.83. The Morgan fingerprint density at radius 2 is 1.90 bits per heavy atom. The van der Waals surface area contributed by atoms with Crippen LogP contribution in [0.25, 0.3) is 0 Å². The minimum Gasteiger partial charge on any atom is -0.353 e. The fourth-order valence-electron chi connectivity index (χ4n) is 2.25. The van der Waals surface area contributed by atoms with Crippen molar-refractivity contribution in [3.8, 4) is 0 Å². The normalized spacial score (nSPS) is 21.9. The number of guanidine groups is 1. The minimum atomic E-state index is 0. The number of hydrogen-bond acceptors (Lipinski definition) is 1. The predicted molar refractivity (Wildman–Crippen MR) is 96.8 cm³/mol. The molecule has 0 bridgehead atoms. The van der Waals surface area contributed by atoms with Gasteiger partial charge in [-0.1, -0.05) is 30.3 Å².